The number of hydrogen-bond donors (Lipinski definition) is 1. The molecule has 0 aromatic heterocycles. The molecule has 1 N–H and O–H groups in total. The van der Waals surface area contributed by atoms with Gasteiger partial charge >= 0.3 is 0 Å². The van der Waals surface area contributed by atoms with Crippen molar-refractivity contribution in [3.05, 3.63) is 53.6 Å². The van der Waals surface area contributed by atoms with E-state index in [1.54, 1.807) is 13.2 Å². The second-order valence-electron chi connectivity index (χ2n) is 6.69. The molecule has 1 aliphatic rings. The van der Waals surface area contributed by atoms with Crippen molar-refractivity contribution in [1.82, 2.24) is 0 Å². The van der Waals surface area contributed by atoms with Gasteiger partial charge < -0.3 is 15.0 Å². The van der Waals surface area contributed by atoms with Crippen LogP contribution in [0.15, 0.2) is 42.5 Å². The zero-order valence-electron chi connectivity index (χ0n) is 15.2. The molecule has 1 heterocycles. The Morgan fingerprint density at radius 3 is 2.84 bits per heavy atom. The minimum atomic E-state index is 0.218. The lowest BCUT2D eigenvalue weighted by Crippen LogP contribution is -2.34. The number of para-hydroxylation sites is 1. The normalized spacial score (nSPS) is 17.1. The van der Waals surface area contributed by atoms with E-state index < -0.39 is 0 Å². The summed E-state index contributed by atoms with van der Waals surface area (Å²) in [5, 5.41) is 3.47. The lowest BCUT2D eigenvalue weighted by molar-refractivity contribution is 0.112. The predicted molar refractivity (Wildman–Crippen MR) is 103 cm³/mol. The minimum Gasteiger partial charge on any atom is -0.497 e. The zero-order chi connectivity index (χ0) is 17.8. The molecule has 0 saturated heterocycles. The third-order valence-electron chi connectivity index (χ3n) is 4.93. The molecule has 1 aliphatic heterocycles. The van der Waals surface area contributed by atoms with Crippen molar-refractivity contribution in [1.29, 1.82) is 0 Å². The lowest BCUT2D eigenvalue weighted by Gasteiger charge is -2.26. The first kappa shape index (κ1) is 17.3. The molecule has 2 aromatic rings. The molecule has 0 bridgehead atoms. The van der Waals surface area contributed by atoms with Gasteiger partial charge in [-0.3, -0.25) is 4.79 Å². The molecule has 2 aromatic carbocycles. The van der Waals surface area contributed by atoms with Gasteiger partial charge in [-0.2, -0.15) is 0 Å². The van der Waals surface area contributed by atoms with Crippen LogP contribution in [0.5, 0.6) is 5.75 Å². The van der Waals surface area contributed by atoms with E-state index in [0.717, 1.165) is 31.5 Å². The lowest BCUT2D eigenvalue weighted by atomic mass is 9.99. The summed E-state index contributed by atoms with van der Waals surface area (Å²) in [5.41, 5.74) is 4.27. The van der Waals surface area contributed by atoms with Crippen LogP contribution in [0.1, 0.15) is 42.1 Å². The monoisotopic (exact) mass is 338 g/mol. The van der Waals surface area contributed by atoms with Gasteiger partial charge in [0.25, 0.3) is 0 Å². The second kappa shape index (κ2) is 7.60. The second-order valence-corrected chi connectivity index (χ2v) is 6.69. The van der Waals surface area contributed by atoms with E-state index in [2.05, 4.69) is 48.3 Å². The van der Waals surface area contributed by atoms with E-state index in [1.807, 2.05) is 12.1 Å². The van der Waals surface area contributed by atoms with E-state index in [9.17, 15) is 4.79 Å². The van der Waals surface area contributed by atoms with Gasteiger partial charge in [0, 0.05) is 42.0 Å². The SMILES string of the molecule is CCC1CN(CC(C)Nc2ccc(OC)cc2C=O)c2ccccc21. The Kier molecular flexibility index (Phi) is 5.27. The van der Waals surface area contributed by atoms with Gasteiger partial charge in [0.1, 0.15) is 5.75 Å². The van der Waals surface area contributed by atoms with Crippen LogP contribution in [0.4, 0.5) is 11.4 Å². The fraction of sp³-hybridized carbons (Fsp3) is 0.381. The molecular weight excluding hydrogens is 312 g/mol. The number of hydrogen-bond acceptors (Lipinski definition) is 4. The number of fused-ring (bicyclic) bond motifs is 1. The maximum atomic E-state index is 11.4. The smallest absolute Gasteiger partial charge is 0.152 e. The first-order valence-electron chi connectivity index (χ1n) is 8.89. The van der Waals surface area contributed by atoms with E-state index in [0.29, 0.717) is 17.2 Å². The number of benzene rings is 2. The highest BCUT2D eigenvalue weighted by Crippen LogP contribution is 2.37. The van der Waals surface area contributed by atoms with Gasteiger partial charge in [-0.15, -0.1) is 0 Å². The van der Waals surface area contributed by atoms with Crippen LogP contribution in [-0.4, -0.2) is 32.5 Å². The van der Waals surface area contributed by atoms with Crippen LogP contribution in [0.3, 0.4) is 0 Å². The highest BCUT2D eigenvalue weighted by molar-refractivity contribution is 5.85. The molecule has 0 radical (unpaired) electrons. The highest BCUT2D eigenvalue weighted by Gasteiger charge is 2.27. The standard InChI is InChI=1S/C21H26N2O2/c1-4-16-13-23(21-8-6-5-7-19(16)21)12-15(2)22-20-10-9-18(25-3)11-17(20)14-24/h5-11,14-16,22H,4,12-13H2,1-3H3. The van der Waals surface area contributed by atoms with Gasteiger partial charge in [0.05, 0.1) is 7.11 Å². The summed E-state index contributed by atoms with van der Waals surface area (Å²) in [6.45, 7) is 6.36. The van der Waals surface area contributed by atoms with Crippen molar-refractivity contribution in [2.45, 2.75) is 32.2 Å². The molecule has 25 heavy (non-hydrogen) atoms. The van der Waals surface area contributed by atoms with E-state index in [1.165, 1.54) is 11.3 Å². The molecule has 2 atom stereocenters. The quantitative estimate of drug-likeness (QED) is 0.763. The summed E-state index contributed by atoms with van der Waals surface area (Å²) in [6.07, 6.45) is 2.03. The topological polar surface area (TPSA) is 41.6 Å². The van der Waals surface area contributed by atoms with Gasteiger partial charge in [0.2, 0.25) is 0 Å². The van der Waals surface area contributed by atoms with Crippen molar-refractivity contribution >= 4 is 17.7 Å². The summed E-state index contributed by atoms with van der Waals surface area (Å²) in [4.78, 5) is 13.8. The number of carbonyl (C=O) groups excluding carboxylic acids is 1. The molecule has 132 valence electrons. The molecular formula is C21H26N2O2. The Morgan fingerprint density at radius 1 is 1.32 bits per heavy atom. The van der Waals surface area contributed by atoms with E-state index in [-0.39, 0.29) is 6.04 Å². The number of rotatable bonds is 7. The Labute approximate surface area is 149 Å². The maximum Gasteiger partial charge on any atom is 0.152 e. The molecule has 0 fully saturated rings. The fourth-order valence-electron chi connectivity index (χ4n) is 3.64. The van der Waals surface area contributed by atoms with Crippen LogP contribution >= 0.6 is 0 Å². The molecule has 2 unspecified atom stereocenters. The summed E-state index contributed by atoms with van der Waals surface area (Å²) in [6, 6.07) is 14.5. The van der Waals surface area contributed by atoms with Crippen molar-refractivity contribution in [2.24, 2.45) is 0 Å². The van der Waals surface area contributed by atoms with Crippen molar-refractivity contribution < 1.29 is 9.53 Å². The first-order valence-corrected chi connectivity index (χ1v) is 8.89. The molecule has 3 rings (SSSR count). The third-order valence-corrected chi connectivity index (χ3v) is 4.93. The maximum absolute atomic E-state index is 11.4. The number of methoxy groups -OCH3 is 1. The number of ether oxygens (including phenoxy) is 1. The summed E-state index contributed by atoms with van der Waals surface area (Å²) >= 11 is 0. The third kappa shape index (κ3) is 3.63. The van der Waals surface area contributed by atoms with Crippen LogP contribution < -0.4 is 15.0 Å². The predicted octanol–water partition coefficient (Wildman–Crippen LogP) is 4.32. The van der Waals surface area contributed by atoms with Crippen molar-refractivity contribution in [3.63, 3.8) is 0 Å². The van der Waals surface area contributed by atoms with Gasteiger partial charge in [-0.25, -0.2) is 0 Å². The van der Waals surface area contributed by atoms with Crippen LogP contribution in [-0.2, 0) is 0 Å². The molecule has 0 aliphatic carbocycles. The first-order chi connectivity index (χ1) is 12.2. The molecule has 0 saturated carbocycles. The minimum absolute atomic E-state index is 0.218. The Balaban J connectivity index is 1.71. The number of nitrogens with zero attached hydrogens (tertiary/aromatic N) is 1. The Hall–Kier alpha value is -2.49. The molecule has 0 amide bonds. The van der Waals surface area contributed by atoms with E-state index >= 15 is 0 Å². The van der Waals surface area contributed by atoms with Gasteiger partial charge in [-0.05, 0) is 43.2 Å². The largest absolute Gasteiger partial charge is 0.497 e. The molecule has 4 heteroatoms. The molecule has 0 spiro atoms. The van der Waals surface area contributed by atoms with Crippen LogP contribution in [0.25, 0.3) is 0 Å². The van der Waals surface area contributed by atoms with Crippen LogP contribution in [0.2, 0.25) is 0 Å². The number of nitrogens with one attached hydrogen (secondary N) is 1. The Morgan fingerprint density at radius 2 is 2.12 bits per heavy atom. The zero-order valence-corrected chi connectivity index (χ0v) is 15.2. The van der Waals surface area contributed by atoms with Crippen LogP contribution in [0, 0.1) is 0 Å². The summed E-state index contributed by atoms with van der Waals surface area (Å²) in [5.74, 6) is 1.30. The number of anilines is 2. The summed E-state index contributed by atoms with van der Waals surface area (Å²) in [7, 11) is 1.61. The number of carbonyl (C=O) groups is 1. The van der Waals surface area contributed by atoms with Gasteiger partial charge in [0.15, 0.2) is 6.29 Å². The van der Waals surface area contributed by atoms with Crippen molar-refractivity contribution in [2.75, 3.05) is 30.4 Å². The summed E-state index contributed by atoms with van der Waals surface area (Å²) < 4.78 is 5.19. The Bertz CT molecular complexity index is 744. The van der Waals surface area contributed by atoms with E-state index in [4.69, 9.17) is 4.74 Å². The number of aldehydes is 1. The van der Waals surface area contributed by atoms with Crippen molar-refractivity contribution in [3.8, 4) is 5.75 Å². The average molecular weight is 338 g/mol. The molecule has 4 nitrogen and oxygen atoms in total. The fourth-order valence-corrected chi connectivity index (χ4v) is 3.64. The van der Waals surface area contributed by atoms with Gasteiger partial charge in [-0.1, -0.05) is 25.1 Å². The average Bonchev–Trinajstić information content (AvgIpc) is 2.99. The highest BCUT2D eigenvalue weighted by atomic mass is 16.5.